The molecule has 3 aliphatic heterocycles. The second-order valence-corrected chi connectivity index (χ2v) is 15.6. The van der Waals surface area contributed by atoms with Crippen LogP contribution in [0, 0.1) is 0 Å². The fourth-order valence-corrected chi connectivity index (χ4v) is 7.07. The molecule has 3 rings (SSSR count). The van der Waals surface area contributed by atoms with Gasteiger partial charge in [-0.25, -0.2) is 5.43 Å². The number of hydrazine groups is 1. The van der Waals surface area contributed by atoms with Crippen molar-refractivity contribution in [3.8, 4) is 0 Å². The highest BCUT2D eigenvalue weighted by Crippen LogP contribution is 2.31. The Bertz CT molecular complexity index is 1240. The predicted octanol–water partition coefficient (Wildman–Crippen LogP) is -5.21. The Morgan fingerprint density at radius 3 is 1.70 bits per heavy atom. The molecule has 0 aromatic carbocycles. The number of nitrogens with two attached hydrogens (primary N) is 1. The molecule has 23 heteroatoms. The Balaban J connectivity index is 1.39. The van der Waals surface area contributed by atoms with Crippen molar-refractivity contribution in [2.45, 2.75) is 182 Å². The molecule has 0 bridgehead atoms. The molecule has 3 saturated heterocycles. The average Bonchev–Trinajstić information content (AvgIpc) is 3.25. The van der Waals surface area contributed by atoms with Crippen LogP contribution >= 0.6 is 0 Å². The normalized spacial score (nSPS) is 34.8. The van der Waals surface area contributed by atoms with Crippen molar-refractivity contribution in [2.24, 2.45) is 5.73 Å². The van der Waals surface area contributed by atoms with Crippen molar-refractivity contribution in [3.63, 3.8) is 0 Å². The smallest absolute Gasteiger partial charge is 0.234 e. The van der Waals surface area contributed by atoms with E-state index in [-0.39, 0.29) is 31.4 Å². The first-order valence-corrected chi connectivity index (χ1v) is 21.3. The molecule has 2 amide bonds. The number of ether oxygens (including phenoxy) is 6. The van der Waals surface area contributed by atoms with E-state index >= 15 is 0 Å². The molecule has 0 saturated carbocycles. The van der Waals surface area contributed by atoms with Crippen LogP contribution in [0.4, 0.5) is 0 Å². The summed E-state index contributed by atoms with van der Waals surface area (Å²) in [6.45, 7) is -1.75. The first-order valence-electron chi connectivity index (χ1n) is 21.3. The Hall–Kier alpha value is -2.11. The summed E-state index contributed by atoms with van der Waals surface area (Å²) in [5.41, 5.74) is 10.8. The van der Waals surface area contributed by atoms with E-state index in [1.165, 1.54) is 0 Å². The topological polar surface area (TPSA) is 371 Å². The highest BCUT2D eigenvalue weighted by molar-refractivity contribution is 5.76. The summed E-state index contributed by atoms with van der Waals surface area (Å²) in [6, 6.07) is -0.430. The van der Waals surface area contributed by atoms with Crippen molar-refractivity contribution in [1.82, 2.24) is 16.2 Å². The van der Waals surface area contributed by atoms with Crippen LogP contribution in [0.25, 0.3) is 0 Å². The lowest BCUT2D eigenvalue weighted by molar-refractivity contribution is -0.366. The summed E-state index contributed by atoms with van der Waals surface area (Å²) in [7, 11) is 0. The minimum atomic E-state index is -1.89. The fourth-order valence-electron chi connectivity index (χ4n) is 7.07. The van der Waals surface area contributed by atoms with Gasteiger partial charge in [0, 0.05) is 19.4 Å². The van der Waals surface area contributed by atoms with Crippen molar-refractivity contribution >= 4 is 18.1 Å². The molecule has 16 atom stereocenters. The van der Waals surface area contributed by atoms with Crippen molar-refractivity contribution in [3.05, 3.63) is 0 Å². The first-order chi connectivity index (χ1) is 29.3. The van der Waals surface area contributed by atoms with Crippen LogP contribution in [0.2, 0.25) is 0 Å². The average molecular weight is 887 g/mol. The van der Waals surface area contributed by atoms with Gasteiger partial charge in [-0.1, -0.05) is 44.9 Å². The maximum Gasteiger partial charge on any atom is 0.234 e. The van der Waals surface area contributed by atoms with Crippen LogP contribution in [0.1, 0.15) is 83.5 Å². The molecule has 23 nitrogen and oxygen atoms in total. The highest BCUT2D eigenvalue weighted by atomic mass is 16.7. The monoisotopic (exact) mass is 886 g/mol. The summed E-state index contributed by atoms with van der Waals surface area (Å²) in [5.74, 6) is -0.392. The first kappa shape index (κ1) is 53.2. The third kappa shape index (κ3) is 17.1. The molecule has 3 fully saturated rings. The molecular weight excluding hydrogens is 816 g/mol. The van der Waals surface area contributed by atoms with E-state index in [4.69, 9.17) is 34.2 Å². The van der Waals surface area contributed by atoms with Crippen LogP contribution < -0.4 is 21.9 Å². The Labute approximate surface area is 354 Å². The van der Waals surface area contributed by atoms with E-state index in [1.807, 2.05) is 0 Å². The third-order valence-corrected chi connectivity index (χ3v) is 10.8. The summed E-state index contributed by atoms with van der Waals surface area (Å²) in [6.07, 6.45) is -14.3. The van der Waals surface area contributed by atoms with Gasteiger partial charge in [-0.05, 0) is 32.2 Å². The van der Waals surface area contributed by atoms with Gasteiger partial charge in [0.15, 0.2) is 18.9 Å². The third-order valence-electron chi connectivity index (χ3n) is 10.8. The highest BCUT2D eigenvalue weighted by Gasteiger charge is 2.52. The summed E-state index contributed by atoms with van der Waals surface area (Å²) >= 11 is 0. The SMILES string of the molecule is NCCCC[C@@H](C=O)NNC(=O)CCCCCCCCCCC(=O)NCCO[C@@H]1O[C@H](CO[C@H]2O[C@H](CO)[C@@H](O)[C@H](O)[C@@H]2O)[C@@H](O)[C@H](O[C@H]2O[C@H](CO)[C@@H](O)[C@H](O)[C@@H]2O)[C@@H]1O. The molecule has 0 aliphatic carbocycles. The minimum absolute atomic E-state index is 0.00121. The number of unbranched alkanes of at least 4 members (excludes halogenated alkanes) is 8. The molecule has 0 unspecified atom stereocenters. The van der Waals surface area contributed by atoms with Gasteiger partial charge in [-0.15, -0.1) is 0 Å². The number of amides is 2. The fraction of sp³-hybridized carbons (Fsp3) is 0.921. The lowest BCUT2D eigenvalue weighted by atomic mass is 9.96. The number of aliphatic hydroxyl groups excluding tert-OH is 10. The van der Waals surface area contributed by atoms with E-state index in [0.717, 1.165) is 64.1 Å². The number of hydrogen-bond donors (Lipinski definition) is 14. The maximum atomic E-state index is 12.5. The summed E-state index contributed by atoms with van der Waals surface area (Å²) in [5, 5.41) is 106. The van der Waals surface area contributed by atoms with E-state index in [9.17, 15) is 65.4 Å². The van der Waals surface area contributed by atoms with Gasteiger partial charge in [0.05, 0.1) is 32.5 Å². The van der Waals surface area contributed by atoms with Crippen LogP contribution in [0.5, 0.6) is 0 Å². The molecule has 3 heterocycles. The number of rotatable bonds is 29. The van der Waals surface area contributed by atoms with Gasteiger partial charge >= 0.3 is 0 Å². The molecule has 0 aromatic heterocycles. The van der Waals surface area contributed by atoms with E-state index < -0.39 is 118 Å². The Kier molecular flexibility index (Phi) is 25.0. The van der Waals surface area contributed by atoms with Crippen LogP contribution in [0.3, 0.4) is 0 Å². The minimum Gasteiger partial charge on any atom is -0.394 e. The zero-order chi connectivity index (χ0) is 44.9. The van der Waals surface area contributed by atoms with Gasteiger partial charge in [0.25, 0.3) is 0 Å². The molecule has 0 spiro atoms. The van der Waals surface area contributed by atoms with Crippen LogP contribution in [-0.2, 0) is 42.8 Å². The van der Waals surface area contributed by atoms with Crippen LogP contribution in [-0.4, -0.2) is 207 Å². The number of nitrogens with one attached hydrogen (secondary N) is 3. The number of aldehydes is 1. The second kappa shape index (κ2) is 28.6. The lowest BCUT2D eigenvalue weighted by Gasteiger charge is -2.46. The summed E-state index contributed by atoms with van der Waals surface area (Å²) in [4.78, 5) is 35.6. The Morgan fingerprint density at radius 2 is 1.13 bits per heavy atom. The molecule has 15 N–H and O–H groups in total. The van der Waals surface area contributed by atoms with E-state index in [0.29, 0.717) is 25.8 Å². The zero-order valence-corrected chi connectivity index (χ0v) is 34.5. The molecular formula is C38H70N4O19. The van der Waals surface area contributed by atoms with Crippen molar-refractivity contribution < 1.29 is 93.9 Å². The van der Waals surface area contributed by atoms with Gasteiger partial charge < -0.3 is 95.3 Å². The molecule has 0 radical (unpaired) electrons. The van der Waals surface area contributed by atoms with Gasteiger partial charge in [0.2, 0.25) is 11.8 Å². The second-order valence-electron chi connectivity index (χ2n) is 15.6. The number of aliphatic hydroxyl groups is 10. The quantitative estimate of drug-likeness (QED) is 0.0190. The summed E-state index contributed by atoms with van der Waals surface area (Å²) < 4.78 is 33.4. The van der Waals surface area contributed by atoms with E-state index in [1.54, 1.807) is 0 Å². The van der Waals surface area contributed by atoms with Crippen molar-refractivity contribution in [2.75, 3.05) is 39.5 Å². The predicted molar refractivity (Wildman–Crippen MR) is 208 cm³/mol. The molecule has 61 heavy (non-hydrogen) atoms. The largest absolute Gasteiger partial charge is 0.394 e. The molecule has 356 valence electrons. The van der Waals surface area contributed by atoms with Gasteiger partial charge in [-0.3, -0.25) is 15.0 Å². The molecule has 0 aromatic rings. The maximum absolute atomic E-state index is 12.5. The van der Waals surface area contributed by atoms with E-state index in [2.05, 4.69) is 16.2 Å². The van der Waals surface area contributed by atoms with Gasteiger partial charge in [0.1, 0.15) is 79.5 Å². The lowest BCUT2D eigenvalue weighted by Crippen LogP contribution is -2.65. The number of carbonyl (C=O) groups excluding carboxylic acids is 3. The number of hydrogen-bond acceptors (Lipinski definition) is 21. The molecule has 3 aliphatic rings. The number of carbonyl (C=O) groups is 3. The van der Waals surface area contributed by atoms with Gasteiger partial charge in [-0.2, -0.15) is 0 Å². The zero-order valence-electron chi connectivity index (χ0n) is 34.5. The van der Waals surface area contributed by atoms with Crippen molar-refractivity contribution in [1.29, 1.82) is 0 Å². The van der Waals surface area contributed by atoms with Crippen LogP contribution in [0.15, 0.2) is 0 Å². The standard InChI is InChI=1S/C38H70N4O19/c39-14-10-9-11-21(17-43)41-42-26(47)13-8-6-4-2-1-3-5-7-12-25(46)40-15-16-56-37-34(55)35(61-38-33(54)31(52)28(49)23(19-45)59-38)29(50)24(60-37)20-57-36-32(53)30(51)27(48)22(18-44)58-36/h17,21-24,27-38,41,44-45,48-55H,1-16,18-20,39H2,(H,40,46)(H,42,47)/t21-,22+,23+,24+,27+,28+,29+,30-,31-,32-,33-,34-,35-,36-,37+,38+/m0/s1. The Morgan fingerprint density at radius 1 is 0.607 bits per heavy atom.